The summed E-state index contributed by atoms with van der Waals surface area (Å²) in [6.07, 6.45) is 0. The second-order valence-electron chi connectivity index (χ2n) is 1.19. The summed E-state index contributed by atoms with van der Waals surface area (Å²) in [5.74, 6) is 11.7. The van der Waals surface area contributed by atoms with E-state index in [2.05, 4.69) is 17.5 Å². The highest BCUT2D eigenvalue weighted by Gasteiger charge is 2.14. The van der Waals surface area contributed by atoms with Crippen molar-refractivity contribution in [3.05, 3.63) is 0 Å². The van der Waals surface area contributed by atoms with Crippen LogP contribution in [0.1, 0.15) is 0 Å². The lowest BCUT2D eigenvalue weighted by Gasteiger charge is -2.05. The van der Waals surface area contributed by atoms with Crippen LogP contribution in [0.5, 0.6) is 0 Å². The van der Waals surface area contributed by atoms with Crippen LogP contribution >= 0.6 is 0 Å². The van der Waals surface area contributed by atoms with Crippen molar-refractivity contribution < 1.29 is 9.59 Å². The molecule has 7 N–H and O–H groups in total. The van der Waals surface area contributed by atoms with Crippen molar-refractivity contribution in [1.29, 1.82) is 0 Å². The standard InChI is InChI=1S/C2H7N5O2/c3-6-1(8)2(9)7(4)5/h3-5H2,(H,6,8). The summed E-state index contributed by atoms with van der Waals surface area (Å²) < 4.78 is 0. The molecule has 0 aromatic carbocycles. The topological polar surface area (TPSA) is 127 Å². The molecule has 52 valence electrons. The van der Waals surface area contributed by atoms with E-state index >= 15 is 0 Å². The number of rotatable bonds is 0. The molecule has 0 aromatic heterocycles. The van der Waals surface area contributed by atoms with Gasteiger partial charge in [-0.1, -0.05) is 0 Å². The highest BCUT2D eigenvalue weighted by Crippen LogP contribution is 1.67. The Morgan fingerprint density at radius 3 is 1.89 bits per heavy atom. The number of nitrogens with one attached hydrogen (secondary N) is 1. The van der Waals surface area contributed by atoms with Gasteiger partial charge in [0, 0.05) is 0 Å². The summed E-state index contributed by atoms with van der Waals surface area (Å²) in [6.45, 7) is 0. The Balaban J connectivity index is 3.89. The fourth-order valence-electron chi connectivity index (χ4n) is 0.179. The van der Waals surface area contributed by atoms with Crippen molar-refractivity contribution in [2.45, 2.75) is 0 Å². The highest BCUT2D eigenvalue weighted by atomic mass is 16.2. The molecule has 0 aliphatic heterocycles. The fourth-order valence-corrected chi connectivity index (χ4v) is 0.179. The zero-order chi connectivity index (χ0) is 7.44. The van der Waals surface area contributed by atoms with E-state index in [1.807, 2.05) is 0 Å². The SMILES string of the molecule is NNC(=O)C(=O)N(N)N. The number of hydrogen-bond acceptors (Lipinski definition) is 5. The summed E-state index contributed by atoms with van der Waals surface area (Å²) in [6, 6.07) is 0. The molecule has 0 spiro atoms. The molecule has 0 unspecified atom stereocenters. The molecule has 0 aromatic rings. The van der Waals surface area contributed by atoms with Crippen molar-refractivity contribution in [1.82, 2.24) is 10.5 Å². The van der Waals surface area contributed by atoms with Gasteiger partial charge in [-0.15, -0.1) is 0 Å². The number of amides is 2. The quantitative estimate of drug-likeness (QED) is 0.118. The second kappa shape index (κ2) is 2.97. The molecule has 0 heterocycles. The molecule has 9 heavy (non-hydrogen) atoms. The molecule has 7 nitrogen and oxygen atoms in total. The lowest BCUT2D eigenvalue weighted by molar-refractivity contribution is -0.146. The normalized spacial score (nSPS) is 8.33. The van der Waals surface area contributed by atoms with Gasteiger partial charge in [0.2, 0.25) is 0 Å². The van der Waals surface area contributed by atoms with E-state index in [-0.39, 0.29) is 5.12 Å². The maximum Gasteiger partial charge on any atom is 0.341 e. The summed E-state index contributed by atoms with van der Waals surface area (Å²) >= 11 is 0. The van der Waals surface area contributed by atoms with Crippen LogP contribution in [0.4, 0.5) is 0 Å². The molecule has 0 aliphatic rings. The van der Waals surface area contributed by atoms with E-state index in [9.17, 15) is 9.59 Å². The van der Waals surface area contributed by atoms with E-state index in [0.29, 0.717) is 0 Å². The number of carbonyl (C=O) groups excluding carboxylic acids is 2. The Bertz CT molecular complexity index is 131. The van der Waals surface area contributed by atoms with Gasteiger partial charge in [0.25, 0.3) is 0 Å². The number of nitrogens with zero attached hydrogens (tertiary/aromatic N) is 1. The molecule has 0 radical (unpaired) electrons. The van der Waals surface area contributed by atoms with Crippen LogP contribution < -0.4 is 23.0 Å². The maximum absolute atomic E-state index is 10.3. The number of nitrogens with two attached hydrogens (primary N) is 3. The van der Waals surface area contributed by atoms with Crippen LogP contribution in [-0.4, -0.2) is 16.9 Å². The van der Waals surface area contributed by atoms with Crippen molar-refractivity contribution in [2.24, 2.45) is 17.5 Å². The first-order valence-corrected chi connectivity index (χ1v) is 1.94. The van der Waals surface area contributed by atoms with Gasteiger partial charge in [-0.2, -0.15) is 0 Å². The molecule has 0 fully saturated rings. The Kier molecular flexibility index (Phi) is 2.58. The smallest absolute Gasteiger partial charge is 0.286 e. The van der Waals surface area contributed by atoms with Gasteiger partial charge in [-0.3, -0.25) is 15.0 Å². The van der Waals surface area contributed by atoms with Crippen molar-refractivity contribution in [3.8, 4) is 0 Å². The zero-order valence-corrected chi connectivity index (χ0v) is 4.50. The molecule has 0 rings (SSSR count). The van der Waals surface area contributed by atoms with Crippen LogP contribution in [-0.2, 0) is 9.59 Å². The van der Waals surface area contributed by atoms with Gasteiger partial charge >= 0.3 is 11.8 Å². The molecule has 2 amide bonds. The van der Waals surface area contributed by atoms with Crippen molar-refractivity contribution in [2.75, 3.05) is 0 Å². The Morgan fingerprint density at radius 1 is 1.33 bits per heavy atom. The Morgan fingerprint density at radius 2 is 1.78 bits per heavy atom. The van der Waals surface area contributed by atoms with Gasteiger partial charge < -0.3 is 0 Å². The van der Waals surface area contributed by atoms with Gasteiger partial charge in [-0.05, 0) is 0 Å². The molecule has 0 saturated heterocycles. The predicted octanol–water partition coefficient (Wildman–Crippen LogP) is -3.45. The predicted molar refractivity (Wildman–Crippen MR) is 27.6 cm³/mol. The third-order valence-corrected chi connectivity index (χ3v) is 0.560. The Labute approximate surface area is 50.7 Å². The first-order valence-electron chi connectivity index (χ1n) is 1.94. The summed E-state index contributed by atoms with van der Waals surface area (Å²) in [4.78, 5) is 20.4. The van der Waals surface area contributed by atoms with E-state index in [4.69, 9.17) is 0 Å². The van der Waals surface area contributed by atoms with Gasteiger partial charge in [0.05, 0.1) is 0 Å². The molecule has 7 heteroatoms. The lowest BCUT2D eigenvalue weighted by Crippen LogP contribution is -2.52. The van der Waals surface area contributed by atoms with Crippen molar-refractivity contribution in [3.63, 3.8) is 0 Å². The monoisotopic (exact) mass is 133 g/mol. The highest BCUT2D eigenvalue weighted by molar-refractivity contribution is 6.34. The molecular formula is C2H7N5O2. The van der Waals surface area contributed by atoms with Crippen LogP contribution in [0, 0.1) is 0 Å². The van der Waals surface area contributed by atoms with Crippen LogP contribution in [0.2, 0.25) is 0 Å². The van der Waals surface area contributed by atoms with Gasteiger partial charge in [0.1, 0.15) is 0 Å². The largest absolute Gasteiger partial charge is 0.341 e. The van der Waals surface area contributed by atoms with E-state index in [1.54, 1.807) is 5.43 Å². The van der Waals surface area contributed by atoms with Gasteiger partial charge in [0.15, 0.2) is 0 Å². The molecule has 0 bridgehead atoms. The van der Waals surface area contributed by atoms with Crippen LogP contribution in [0.3, 0.4) is 0 Å². The van der Waals surface area contributed by atoms with E-state index in [0.717, 1.165) is 0 Å². The summed E-state index contributed by atoms with van der Waals surface area (Å²) in [5.41, 5.74) is 1.56. The molecule has 0 atom stereocenters. The molecule has 0 aliphatic carbocycles. The third kappa shape index (κ3) is 2.04. The maximum atomic E-state index is 10.3. The summed E-state index contributed by atoms with van der Waals surface area (Å²) in [7, 11) is 0. The first kappa shape index (κ1) is 7.82. The fraction of sp³-hybridized carbons (Fsp3) is 0. The van der Waals surface area contributed by atoms with Gasteiger partial charge in [-0.25, -0.2) is 22.6 Å². The number of carbonyl (C=O) groups is 2. The van der Waals surface area contributed by atoms with E-state index in [1.165, 1.54) is 0 Å². The minimum absolute atomic E-state index is 0.141. The van der Waals surface area contributed by atoms with E-state index < -0.39 is 11.8 Å². The molecule has 0 saturated carbocycles. The number of hydrogen-bond donors (Lipinski definition) is 4. The summed E-state index contributed by atoms with van der Waals surface area (Å²) in [5, 5.41) is 0.141. The number of hydrazine groups is 3. The molecular weight excluding hydrogens is 126 g/mol. The average Bonchev–Trinajstić information content (AvgIpc) is 1.84. The lowest BCUT2D eigenvalue weighted by atomic mass is 10.6. The zero-order valence-electron chi connectivity index (χ0n) is 4.50. The van der Waals surface area contributed by atoms with Crippen LogP contribution in [0.15, 0.2) is 0 Å². The second-order valence-corrected chi connectivity index (χ2v) is 1.19. The minimum atomic E-state index is -1.10. The first-order chi connectivity index (χ1) is 4.09. The third-order valence-electron chi connectivity index (χ3n) is 0.560. The average molecular weight is 133 g/mol. The Hall–Kier alpha value is -1.18. The van der Waals surface area contributed by atoms with Crippen molar-refractivity contribution >= 4 is 11.8 Å². The minimum Gasteiger partial charge on any atom is -0.286 e. The van der Waals surface area contributed by atoms with Crippen LogP contribution in [0.25, 0.3) is 0 Å².